The molecule has 0 fully saturated rings. The molecule has 0 amide bonds. The number of azo groups is 2. The SMILES string of the molecule is CCSc1nnc(N=Nc2ccc(N(C)C)c(N=Nc3ccnn3C)c2O)s1. The van der Waals surface area contributed by atoms with E-state index in [1.165, 1.54) is 11.3 Å². The monoisotopic (exact) mass is 417 g/mol. The van der Waals surface area contributed by atoms with Crippen LogP contribution in [0.15, 0.2) is 49.2 Å². The number of aromatic nitrogens is 4. The summed E-state index contributed by atoms with van der Waals surface area (Å²) in [6.07, 6.45) is 1.62. The highest BCUT2D eigenvalue weighted by Crippen LogP contribution is 2.44. The quantitative estimate of drug-likeness (QED) is 0.428. The van der Waals surface area contributed by atoms with Gasteiger partial charge in [0.05, 0.1) is 11.9 Å². The van der Waals surface area contributed by atoms with Crippen LogP contribution in [-0.2, 0) is 7.05 Å². The maximum Gasteiger partial charge on any atom is 0.252 e. The maximum atomic E-state index is 10.7. The molecular formula is C16H19N9OS2. The van der Waals surface area contributed by atoms with E-state index in [-0.39, 0.29) is 11.4 Å². The van der Waals surface area contributed by atoms with E-state index < -0.39 is 0 Å². The zero-order valence-electron chi connectivity index (χ0n) is 15.8. The van der Waals surface area contributed by atoms with E-state index in [1.54, 1.807) is 47.9 Å². The summed E-state index contributed by atoms with van der Waals surface area (Å²) in [5.41, 5.74) is 1.26. The number of aromatic hydroxyl groups is 1. The average Bonchev–Trinajstić information content (AvgIpc) is 3.28. The van der Waals surface area contributed by atoms with Crippen LogP contribution < -0.4 is 4.90 Å². The topological polar surface area (TPSA) is 117 Å². The summed E-state index contributed by atoms with van der Waals surface area (Å²) in [6.45, 7) is 2.04. The summed E-state index contributed by atoms with van der Waals surface area (Å²) in [4.78, 5) is 1.83. The molecule has 0 atom stereocenters. The number of phenolic OH excluding ortho intramolecular Hbond substituents is 1. The van der Waals surface area contributed by atoms with E-state index in [0.29, 0.717) is 22.3 Å². The predicted molar refractivity (Wildman–Crippen MR) is 110 cm³/mol. The first-order chi connectivity index (χ1) is 13.5. The number of nitrogens with zero attached hydrogens (tertiary/aromatic N) is 9. The molecule has 0 aliphatic carbocycles. The third-order valence-electron chi connectivity index (χ3n) is 3.54. The Morgan fingerprint density at radius 1 is 1.14 bits per heavy atom. The molecule has 1 N–H and O–H groups in total. The lowest BCUT2D eigenvalue weighted by Gasteiger charge is -2.16. The molecule has 0 aliphatic rings. The summed E-state index contributed by atoms with van der Waals surface area (Å²) in [7, 11) is 5.47. The van der Waals surface area contributed by atoms with Crippen LogP contribution in [0, 0.1) is 0 Å². The minimum absolute atomic E-state index is 0.117. The van der Waals surface area contributed by atoms with Crippen LogP contribution in [-0.4, -0.2) is 44.9 Å². The normalized spacial score (nSPS) is 11.7. The molecule has 0 saturated heterocycles. The molecule has 2 heterocycles. The van der Waals surface area contributed by atoms with Gasteiger partial charge < -0.3 is 10.0 Å². The standard InChI is InChI=1S/C16H19N9OS2/c1-5-27-16-23-22-15(28-16)21-18-10-6-7-11(24(2)3)13(14(10)26)20-19-12-8-9-17-25(12)4/h6-9,26H,5H2,1-4H3. The van der Waals surface area contributed by atoms with Crippen molar-refractivity contribution < 1.29 is 5.11 Å². The zero-order valence-corrected chi connectivity index (χ0v) is 17.4. The zero-order chi connectivity index (χ0) is 20.1. The number of rotatable bonds is 7. The lowest BCUT2D eigenvalue weighted by atomic mass is 10.2. The van der Waals surface area contributed by atoms with E-state index in [4.69, 9.17) is 0 Å². The van der Waals surface area contributed by atoms with Gasteiger partial charge in [-0.2, -0.15) is 5.10 Å². The molecule has 3 aromatic rings. The van der Waals surface area contributed by atoms with Crippen molar-refractivity contribution in [1.82, 2.24) is 20.0 Å². The van der Waals surface area contributed by atoms with Crippen molar-refractivity contribution >= 4 is 51.1 Å². The molecule has 28 heavy (non-hydrogen) atoms. The highest BCUT2D eigenvalue weighted by Gasteiger charge is 2.15. The first-order valence-corrected chi connectivity index (χ1v) is 10.1. The molecule has 3 rings (SSSR count). The van der Waals surface area contributed by atoms with E-state index in [1.807, 2.05) is 25.9 Å². The largest absolute Gasteiger partial charge is 0.504 e. The summed E-state index contributed by atoms with van der Waals surface area (Å²) in [5, 5.41) is 39.7. The molecule has 0 saturated carbocycles. The first kappa shape index (κ1) is 19.9. The van der Waals surface area contributed by atoms with E-state index in [0.717, 1.165) is 10.1 Å². The van der Waals surface area contributed by atoms with Crippen molar-refractivity contribution in [3.8, 4) is 5.75 Å². The van der Waals surface area contributed by atoms with Crippen molar-refractivity contribution in [3.63, 3.8) is 0 Å². The number of phenols is 1. The maximum absolute atomic E-state index is 10.7. The average molecular weight is 418 g/mol. The Kier molecular flexibility index (Phi) is 6.31. The van der Waals surface area contributed by atoms with Crippen LogP contribution in [0.5, 0.6) is 5.75 Å². The van der Waals surface area contributed by atoms with Crippen LogP contribution in [0.2, 0.25) is 0 Å². The molecule has 0 spiro atoms. The van der Waals surface area contributed by atoms with Gasteiger partial charge in [-0.05, 0) is 17.9 Å². The molecule has 1 aromatic carbocycles. The summed E-state index contributed by atoms with van der Waals surface area (Å²) in [6, 6.07) is 5.19. The Labute approximate surface area is 170 Å². The third-order valence-corrected chi connectivity index (χ3v) is 5.37. The second-order valence-electron chi connectivity index (χ2n) is 5.69. The van der Waals surface area contributed by atoms with Gasteiger partial charge in [0, 0.05) is 27.2 Å². The number of hydrogen-bond acceptors (Lipinski definition) is 11. The van der Waals surface area contributed by atoms with Gasteiger partial charge in [0.15, 0.2) is 21.6 Å². The second-order valence-corrected chi connectivity index (χ2v) is 8.16. The van der Waals surface area contributed by atoms with Gasteiger partial charge in [-0.1, -0.05) is 30.0 Å². The number of aryl methyl sites for hydroxylation is 1. The van der Waals surface area contributed by atoms with Gasteiger partial charge in [0.1, 0.15) is 5.69 Å². The van der Waals surface area contributed by atoms with Gasteiger partial charge in [0.2, 0.25) is 0 Å². The van der Waals surface area contributed by atoms with Crippen molar-refractivity contribution in [1.29, 1.82) is 0 Å². The molecule has 0 bridgehead atoms. The molecule has 0 unspecified atom stereocenters. The number of benzene rings is 1. The Morgan fingerprint density at radius 3 is 2.64 bits per heavy atom. The van der Waals surface area contributed by atoms with Crippen molar-refractivity contribution in [2.24, 2.45) is 27.5 Å². The van der Waals surface area contributed by atoms with Gasteiger partial charge in [0.25, 0.3) is 5.13 Å². The Balaban J connectivity index is 1.93. The molecule has 10 nitrogen and oxygen atoms in total. The lowest BCUT2D eigenvalue weighted by molar-refractivity contribution is 0.477. The molecule has 2 aromatic heterocycles. The van der Waals surface area contributed by atoms with Gasteiger partial charge in [-0.3, -0.25) is 0 Å². The van der Waals surface area contributed by atoms with Gasteiger partial charge in [-0.25, -0.2) is 4.68 Å². The van der Waals surface area contributed by atoms with Crippen LogP contribution >= 0.6 is 23.1 Å². The number of anilines is 1. The first-order valence-electron chi connectivity index (χ1n) is 8.30. The molecular weight excluding hydrogens is 398 g/mol. The van der Waals surface area contributed by atoms with Crippen molar-refractivity contribution in [3.05, 3.63) is 24.4 Å². The van der Waals surface area contributed by atoms with E-state index in [2.05, 4.69) is 35.8 Å². The summed E-state index contributed by atoms with van der Waals surface area (Å²) >= 11 is 2.93. The Hall–Kier alpha value is -2.86. The van der Waals surface area contributed by atoms with Gasteiger partial charge >= 0.3 is 0 Å². The lowest BCUT2D eigenvalue weighted by Crippen LogP contribution is -2.08. The minimum Gasteiger partial charge on any atom is -0.504 e. The fourth-order valence-corrected chi connectivity index (χ4v) is 3.75. The Morgan fingerprint density at radius 2 is 1.96 bits per heavy atom. The predicted octanol–water partition coefficient (Wildman–Crippen LogP) is 4.99. The minimum atomic E-state index is -0.117. The summed E-state index contributed by atoms with van der Waals surface area (Å²) < 4.78 is 2.41. The highest BCUT2D eigenvalue weighted by atomic mass is 32.2. The molecule has 0 radical (unpaired) electrons. The molecule has 12 heteroatoms. The van der Waals surface area contributed by atoms with Crippen molar-refractivity contribution in [2.75, 3.05) is 24.7 Å². The van der Waals surface area contributed by atoms with Gasteiger partial charge in [-0.15, -0.1) is 30.7 Å². The van der Waals surface area contributed by atoms with Crippen LogP contribution in [0.3, 0.4) is 0 Å². The van der Waals surface area contributed by atoms with E-state index in [9.17, 15) is 5.11 Å². The van der Waals surface area contributed by atoms with Crippen LogP contribution in [0.4, 0.5) is 28.0 Å². The number of thioether (sulfide) groups is 1. The fourth-order valence-electron chi connectivity index (χ4n) is 2.19. The van der Waals surface area contributed by atoms with Crippen LogP contribution in [0.1, 0.15) is 6.92 Å². The fraction of sp³-hybridized carbons (Fsp3) is 0.312. The number of hydrogen-bond donors (Lipinski definition) is 1. The molecule has 0 aliphatic heterocycles. The smallest absolute Gasteiger partial charge is 0.252 e. The third kappa shape index (κ3) is 4.51. The van der Waals surface area contributed by atoms with E-state index >= 15 is 0 Å². The van der Waals surface area contributed by atoms with Crippen molar-refractivity contribution in [2.45, 2.75) is 11.3 Å². The highest BCUT2D eigenvalue weighted by molar-refractivity contribution is 8.01. The summed E-state index contributed by atoms with van der Waals surface area (Å²) in [5.74, 6) is 1.35. The second kappa shape index (κ2) is 8.89. The Bertz CT molecular complexity index is 1010. The van der Waals surface area contributed by atoms with Crippen LogP contribution in [0.25, 0.3) is 0 Å². The molecule has 146 valence electrons.